The third-order valence-electron chi connectivity index (χ3n) is 5.68. The lowest BCUT2D eigenvalue weighted by Crippen LogP contribution is -2.69. The van der Waals surface area contributed by atoms with Crippen molar-refractivity contribution in [2.75, 3.05) is 26.2 Å². The Hall–Kier alpha value is -1.54. The molecule has 2 amide bonds. The molecule has 5 aliphatic rings. The summed E-state index contributed by atoms with van der Waals surface area (Å²) in [5, 5.41) is 6.63. The lowest BCUT2D eigenvalue weighted by Gasteiger charge is -2.52. The van der Waals surface area contributed by atoms with Gasteiger partial charge in [-0.25, -0.2) is 9.59 Å². The van der Waals surface area contributed by atoms with Crippen molar-refractivity contribution in [2.45, 2.75) is 96.2 Å². The Morgan fingerprint density at radius 1 is 0.690 bits per heavy atom. The second-order valence-electron chi connectivity index (χ2n) is 10.5. The maximum Gasteiger partial charge on any atom is 0.410 e. The second kappa shape index (κ2) is 8.30. The van der Waals surface area contributed by atoms with Crippen LogP contribution in [0.15, 0.2) is 0 Å². The first-order chi connectivity index (χ1) is 13.4. The van der Waals surface area contributed by atoms with Gasteiger partial charge in [0.05, 0.1) is 0 Å². The van der Waals surface area contributed by atoms with Gasteiger partial charge in [-0.2, -0.15) is 0 Å². The summed E-state index contributed by atoms with van der Waals surface area (Å²) in [7, 11) is 0. The molecule has 8 heteroatoms. The van der Waals surface area contributed by atoms with Crippen molar-refractivity contribution in [3.63, 3.8) is 0 Å². The van der Waals surface area contributed by atoms with Gasteiger partial charge in [-0.15, -0.1) is 0 Å². The van der Waals surface area contributed by atoms with Crippen molar-refractivity contribution in [1.82, 2.24) is 20.4 Å². The third kappa shape index (κ3) is 5.54. The van der Waals surface area contributed by atoms with Gasteiger partial charge in [0.25, 0.3) is 0 Å². The van der Waals surface area contributed by atoms with E-state index < -0.39 is 0 Å². The zero-order valence-electron chi connectivity index (χ0n) is 18.8. The van der Waals surface area contributed by atoms with Crippen LogP contribution in [0.4, 0.5) is 9.59 Å². The first-order valence-corrected chi connectivity index (χ1v) is 10.9. The van der Waals surface area contributed by atoms with Crippen molar-refractivity contribution in [3.8, 4) is 0 Å². The molecule has 5 heterocycles. The molecule has 29 heavy (non-hydrogen) atoms. The Bertz CT molecular complexity index is 583. The van der Waals surface area contributed by atoms with Crippen LogP contribution in [-0.4, -0.2) is 83.5 Å². The summed E-state index contributed by atoms with van der Waals surface area (Å²) in [5.41, 5.74) is -0.768. The molecule has 0 aromatic carbocycles. The van der Waals surface area contributed by atoms with Gasteiger partial charge in [0.15, 0.2) is 0 Å². The lowest BCUT2D eigenvalue weighted by atomic mass is 9.89. The number of nitrogens with one attached hydrogen (secondary N) is 2. The van der Waals surface area contributed by atoms with Crippen LogP contribution in [0.2, 0.25) is 0 Å². The van der Waals surface area contributed by atoms with E-state index in [1.807, 2.05) is 51.3 Å². The second-order valence-corrected chi connectivity index (χ2v) is 10.5. The molecule has 2 N–H and O–H groups in total. The Morgan fingerprint density at radius 2 is 1.03 bits per heavy atom. The van der Waals surface area contributed by atoms with Gasteiger partial charge >= 0.3 is 12.2 Å². The maximum absolute atomic E-state index is 12.0. The van der Waals surface area contributed by atoms with Crippen molar-refractivity contribution < 1.29 is 19.1 Å². The molecule has 0 spiro atoms. The topological polar surface area (TPSA) is 83.1 Å². The molecule has 5 aliphatic heterocycles. The summed E-state index contributed by atoms with van der Waals surface area (Å²) >= 11 is 0. The van der Waals surface area contributed by atoms with E-state index in [1.165, 1.54) is 0 Å². The highest BCUT2D eigenvalue weighted by Crippen LogP contribution is 2.30. The van der Waals surface area contributed by atoms with Crippen molar-refractivity contribution in [2.24, 2.45) is 0 Å². The Labute approximate surface area is 174 Å². The van der Waals surface area contributed by atoms with Crippen LogP contribution < -0.4 is 10.6 Å². The third-order valence-corrected chi connectivity index (χ3v) is 5.68. The van der Waals surface area contributed by atoms with Crippen LogP contribution in [0.25, 0.3) is 0 Å². The highest BCUT2D eigenvalue weighted by Gasteiger charge is 2.46. The number of nitrogens with zero attached hydrogens (tertiary/aromatic N) is 2. The minimum absolute atomic E-state index is 0.142. The fourth-order valence-electron chi connectivity index (χ4n) is 4.49. The summed E-state index contributed by atoms with van der Waals surface area (Å²) in [6.45, 7) is 15.1. The minimum Gasteiger partial charge on any atom is -0.444 e. The summed E-state index contributed by atoms with van der Waals surface area (Å²) < 4.78 is 10.8. The normalized spacial score (nSPS) is 30.7. The number of amides is 2. The SMILES string of the molecule is CC(C)(C)OC(=O)N1C2CCC1CNC2.CC(C)(C)OC(=O)N1C2CNCC1C2. The lowest BCUT2D eigenvalue weighted by molar-refractivity contribution is -0.0439. The molecular formula is C21H38N4O4. The molecule has 0 aliphatic carbocycles. The van der Waals surface area contributed by atoms with Crippen LogP contribution in [-0.2, 0) is 9.47 Å². The van der Waals surface area contributed by atoms with Gasteiger partial charge in [0.1, 0.15) is 11.2 Å². The number of carbonyl (C=O) groups excluding carboxylic acids is 2. The molecule has 5 rings (SSSR count). The number of hydrogen-bond acceptors (Lipinski definition) is 6. The molecule has 5 saturated heterocycles. The number of piperidine rings is 1. The summed E-state index contributed by atoms with van der Waals surface area (Å²) in [6.07, 6.45) is 3.05. The number of hydrogen-bond donors (Lipinski definition) is 2. The average molecular weight is 411 g/mol. The van der Waals surface area contributed by atoms with Gasteiger partial charge in [-0.1, -0.05) is 0 Å². The smallest absolute Gasteiger partial charge is 0.410 e. The van der Waals surface area contributed by atoms with Gasteiger partial charge in [-0.3, -0.25) is 9.80 Å². The van der Waals surface area contributed by atoms with E-state index >= 15 is 0 Å². The molecule has 166 valence electrons. The van der Waals surface area contributed by atoms with E-state index in [2.05, 4.69) is 10.6 Å². The molecule has 0 aromatic heterocycles. The highest BCUT2D eigenvalue weighted by atomic mass is 16.6. The molecular weight excluding hydrogens is 372 g/mol. The molecule has 0 radical (unpaired) electrons. The van der Waals surface area contributed by atoms with Crippen molar-refractivity contribution in [1.29, 1.82) is 0 Å². The van der Waals surface area contributed by atoms with E-state index in [0.717, 1.165) is 45.4 Å². The van der Waals surface area contributed by atoms with E-state index in [9.17, 15) is 9.59 Å². The van der Waals surface area contributed by atoms with Gasteiger partial charge in [0.2, 0.25) is 0 Å². The Morgan fingerprint density at radius 3 is 1.38 bits per heavy atom. The predicted octanol–water partition coefficient (Wildman–Crippen LogP) is 2.33. The van der Waals surface area contributed by atoms with Crippen LogP contribution in [0, 0.1) is 0 Å². The highest BCUT2D eigenvalue weighted by molar-refractivity contribution is 5.70. The van der Waals surface area contributed by atoms with Gasteiger partial charge in [0, 0.05) is 50.3 Å². The molecule has 4 unspecified atom stereocenters. The zero-order valence-corrected chi connectivity index (χ0v) is 18.8. The summed E-state index contributed by atoms with van der Waals surface area (Å²) in [4.78, 5) is 27.5. The van der Waals surface area contributed by atoms with E-state index in [0.29, 0.717) is 24.2 Å². The molecule has 5 fully saturated rings. The molecule has 4 atom stereocenters. The quantitative estimate of drug-likeness (QED) is 0.638. The first kappa shape index (κ1) is 22.2. The maximum atomic E-state index is 12.0. The number of fused-ring (bicyclic) bond motifs is 4. The molecule has 8 nitrogen and oxygen atoms in total. The number of rotatable bonds is 0. The Balaban J connectivity index is 0.000000166. The zero-order chi connectivity index (χ0) is 21.4. The van der Waals surface area contributed by atoms with E-state index in [1.54, 1.807) is 0 Å². The largest absolute Gasteiger partial charge is 0.444 e. The minimum atomic E-state index is -0.388. The predicted molar refractivity (Wildman–Crippen MR) is 111 cm³/mol. The average Bonchev–Trinajstić information content (AvgIpc) is 2.82. The summed E-state index contributed by atoms with van der Waals surface area (Å²) in [5.74, 6) is 0. The Kier molecular flexibility index (Phi) is 6.34. The van der Waals surface area contributed by atoms with E-state index in [4.69, 9.17) is 9.47 Å². The fourth-order valence-corrected chi connectivity index (χ4v) is 4.49. The van der Waals surface area contributed by atoms with Gasteiger partial charge < -0.3 is 20.1 Å². The summed E-state index contributed by atoms with van der Waals surface area (Å²) in [6, 6.07) is 1.42. The first-order valence-electron chi connectivity index (χ1n) is 10.9. The number of carbonyl (C=O) groups is 2. The molecule has 0 aromatic rings. The number of ether oxygens (including phenoxy) is 2. The fraction of sp³-hybridized carbons (Fsp3) is 0.905. The van der Waals surface area contributed by atoms with Crippen LogP contribution >= 0.6 is 0 Å². The molecule has 0 saturated carbocycles. The monoisotopic (exact) mass is 410 g/mol. The van der Waals surface area contributed by atoms with Crippen molar-refractivity contribution >= 4 is 12.2 Å². The molecule has 4 bridgehead atoms. The van der Waals surface area contributed by atoms with Crippen LogP contribution in [0.1, 0.15) is 60.8 Å². The van der Waals surface area contributed by atoms with Gasteiger partial charge in [-0.05, 0) is 60.8 Å². The van der Waals surface area contributed by atoms with Crippen LogP contribution in [0.3, 0.4) is 0 Å². The standard InChI is InChI=1S/C11H20N2O2.C10H18N2O2/c1-11(2,3)15-10(14)13-8-4-5-9(13)7-12-6-8;1-10(2,3)14-9(13)12-7-4-8(12)6-11-5-7/h8-9,12H,4-7H2,1-3H3;7-8,11H,4-6H2,1-3H3. The van der Waals surface area contributed by atoms with Crippen LogP contribution in [0.5, 0.6) is 0 Å². The van der Waals surface area contributed by atoms with Crippen molar-refractivity contribution in [3.05, 3.63) is 0 Å². The van der Waals surface area contributed by atoms with E-state index in [-0.39, 0.29) is 23.4 Å². The number of piperazine rings is 2.